The summed E-state index contributed by atoms with van der Waals surface area (Å²) in [7, 11) is 0. The van der Waals surface area contributed by atoms with Gasteiger partial charge in [0, 0.05) is 6.42 Å². The maximum atomic E-state index is 10.6. The molecule has 0 unspecified atom stereocenters. The average molecular weight is 210 g/mol. The quantitative estimate of drug-likeness (QED) is 0.521. The van der Waals surface area contributed by atoms with Gasteiger partial charge in [0.25, 0.3) is 0 Å². The highest BCUT2D eigenvalue weighted by atomic mass is 35.5. The van der Waals surface area contributed by atoms with E-state index in [9.17, 15) is 9.59 Å². The zero-order chi connectivity index (χ0) is 9.72. The lowest BCUT2D eigenvalue weighted by molar-refractivity contribution is -0.141. The van der Waals surface area contributed by atoms with Crippen LogP contribution in [0.2, 0.25) is 0 Å². The first-order valence-electron chi connectivity index (χ1n) is 3.30. The van der Waals surface area contributed by atoms with Gasteiger partial charge in [-0.2, -0.15) is 0 Å². The molecule has 0 aromatic rings. The van der Waals surface area contributed by atoms with Gasteiger partial charge in [0.2, 0.25) is 0 Å². The lowest BCUT2D eigenvalue weighted by Gasteiger charge is -2.12. The fourth-order valence-electron chi connectivity index (χ4n) is 0.581. The van der Waals surface area contributed by atoms with Gasteiger partial charge in [-0.25, -0.2) is 0 Å². The molecule has 0 aliphatic rings. The molecule has 0 heterocycles. The molecule has 0 aromatic heterocycles. The van der Waals surface area contributed by atoms with Crippen molar-refractivity contribution in [2.45, 2.75) is 18.6 Å². The first-order valence-corrected chi connectivity index (χ1v) is 3.30. The van der Waals surface area contributed by atoms with Crippen molar-refractivity contribution in [3.63, 3.8) is 0 Å². The van der Waals surface area contributed by atoms with Gasteiger partial charge in [-0.3, -0.25) is 9.59 Å². The van der Waals surface area contributed by atoms with Gasteiger partial charge in [-0.05, 0) is 6.08 Å². The van der Waals surface area contributed by atoms with Gasteiger partial charge >= 0.3 is 5.97 Å². The smallest absolute Gasteiger partial charge is 0.323 e. The van der Waals surface area contributed by atoms with E-state index in [-0.39, 0.29) is 18.8 Å². The van der Waals surface area contributed by atoms with E-state index in [2.05, 4.69) is 6.58 Å². The molecule has 0 amide bonds. The highest BCUT2D eigenvalue weighted by Gasteiger charge is 2.23. The van der Waals surface area contributed by atoms with Crippen LogP contribution in [0.5, 0.6) is 0 Å². The monoisotopic (exact) mass is 209 g/mol. The third-order valence-corrected chi connectivity index (χ3v) is 1.34. The van der Waals surface area contributed by atoms with Crippen molar-refractivity contribution in [3.05, 3.63) is 12.7 Å². The van der Waals surface area contributed by atoms with Crippen molar-refractivity contribution in [3.8, 4) is 0 Å². The lowest BCUT2D eigenvalue weighted by Crippen LogP contribution is -2.42. The van der Waals surface area contributed by atoms with Crippen LogP contribution < -0.4 is 5.73 Å². The van der Waals surface area contributed by atoms with Crippen molar-refractivity contribution in [2.24, 2.45) is 5.73 Å². The van der Waals surface area contributed by atoms with Gasteiger partial charge < -0.3 is 15.9 Å². The lowest BCUT2D eigenvalue weighted by atomic mass is 10.1. The number of rotatable bonds is 5. The molecular weight excluding hydrogens is 198 g/mol. The molecule has 0 aromatic carbocycles. The molecule has 0 bridgehead atoms. The number of carbonyl (C=O) groups is 2. The number of carbonyl (C=O) groups excluding carboxylic acids is 1. The molecule has 76 valence electrons. The van der Waals surface area contributed by atoms with Crippen molar-refractivity contribution >= 4 is 24.2 Å². The Morgan fingerprint density at radius 2 is 2.00 bits per heavy atom. The predicted molar refractivity (Wildman–Crippen MR) is 48.7 cm³/mol. The molecule has 0 radical (unpaired) electrons. The van der Waals surface area contributed by atoms with Gasteiger partial charge in [-0.15, -0.1) is 12.4 Å². The van der Waals surface area contributed by atoms with Crippen LogP contribution in [0.1, 0.15) is 6.42 Å². The van der Waals surface area contributed by atoms with E-state index >= 15 is 0 Å². The number of halogens is 1. The first-order chi connectivity index (χ1) is 5.49. The van der Waals surface area contributed by atoms with Crippen LogP contribution in [0.4, 0.5) is 0 Å². The maximum absolute atomic E-state index is 10.6. The van der Waals surface area contributed by atoms with Crippen LogP contribution in [0.25, 0.3) is 0 Å². The summed E-state index contributed by atoms with van der Waals surface area (Å²) in [5, 5.41) is 17.3. The van der Waals surface area contributed by atoms with Crippen LogP contribution in [0.15, 0.2) is 12.7 Å². The van der Waals surface area contributed by atoms with Crippen molar-refractivity contribution < 1.29 is 19.8 Å². The number of ketones is 1. The number of hydrogen-bond acceptors (Lipinski definition) is 4. The summed E-state index contributed by atoms with van der Waals surface area (Å²) in [6.07, 6.45) is -0.651. The van der Waals surface area contributed by atoms with E-state index in [1.807, 2.05) is 0 Å². The summed E-state index contributed by atoms with van der Waals surface area (Å²) < 4.78 is 0. The Bertz CT molecular complexity index is 207. The number of aliphatic hydroxyl groups excluding tert-OH is 1. The Morgan fingerprint density at radius 3 is 2.31 bits per heavy atom. The van der Waals surface area contributed by atoms with E-state index < -0.39 is 23.9 Å². The van der Waals surface area contributed by atoms with E-state index in [1.54, 1.807) is 0 Å². The Morgan fingerprint density at radius 1 is 1.54 bits per heavy atom. The molecule has 13 heavy (non-hydrogen) atoms. The van der Waals surface area contributed by atoms with Gasteiger partial charge in [0.15, 0.2) is 5.78 Å². The number of carboxylic acids is 1. The van der Waals surface area contributed by atoms with Crippen LogP contribution in [0.3, 0.4) is 0 Å². The molecule has 6 heteroatoms. The van der Waals surface area contributed by atoms with E-state index in [0.717, 1.165) is 6.08 Å². The number of nitrogens with two attached hydrogens (primary N) is 1. The molecule has 0 saturated carbocycles. The topological polar surface area (TPSA) is 101 Å². The Kier molecular flexibility index (Phi) is 7.40. The molecule has 0 spiro atoms. The van der Waals surface area contributed by atoms with Crippen molar-refractivity contribution in [2.75, 3.05) is 0 Å². The van der Waals surface area contributed by atoms with Gasteiger partial charge in [0.1, 0.15) is 6.04 Å². The summed E-state index contributed by atoms with van der Waals surface area (Å²) >= 11 is 0. The summed E-state index contributed by atoms with van der Waals surface area (Å²) in [5.74, 6) is -1.77. The minimum absolute atomic E-state index is 0. The van der Waals surface area contributed by atoms with Crippen molar-refractivity contribution in [1.82, 2.24) is 0 Å². The number of aliphatic hydroxyl groups is 1. The zero-order valence-corrected chi connectivity index (χ0v) is 7.66. The molecule has 4 N–H and O–H groups in total. The second-order valence-corrected chi connectivity index (χ2v) is 2.31. The maximum Gasteiger partial charge on any atom is 0.323 e. The van der Waals surface area contributed by atoms with Gasteiger partial charge in [-0.1, -0.05) is 6.58 Å². The highest BCUT2D eigenvalue weighted by Crippen LogP contribution is 1.98. The molecular formula is C7H12ClNO4. The van der Waals surface area contributed by atoms with Crippen molar-refractivity contribution in [1.29, 1.82) is 0 Å². The molecule has 0 aliphatic heterocycles. The summed E-state index contributed by atoms with van der Waals surface area (Å²) in [5.41, 5.74) is 5.03. The van der Waals surface area contributed by atoms with E-state index in [1.165, 1.54) is 0 Å². The Balaban J connectivity index is 0. The fourth-order valence-corrected chi connectivity index (χ4v) is 0.581. The summed E-state index contributed by atoms with van der Waals surface area (Å²) in [6.45, 7) is 3.17. The third-order valence-electron chi connectivity index (χ3n) is 1.34. The Hall–Kier alpha value is -0.910. The second-order valence-electron chi connectivity index (χ2n) is 2.31. The van der Waals surface area contributed by atoms with Crippen LogP contribution >= 0.6 is 12.4 Å². The predicted octanol–water partition coefficient (Wildman–Crippen LogP) is -0.674. The van der Waals surface area contributed by atoms with Crippen LogP contribution in [-0.2, 0) is 9.59 Å². The summed E-state index contributed by atoms with van der Waals surface area (Å²) in [4.78, 5) is 20.8. The molecule has 0 rings (SSSR count). The second kappa shape index (κ2) is 6.59. The third kappa shape index (κ3) is 5.35. The standard InChI is InChI=1S/C7H11NO4.ClH/c1-2-4(9)3-5(10)6(8)7(11)12;/h2,5-6,10H,1,3,8H2,(H,11,12);1H/t5-,6+;/m1./s1. The number of carboxylic acid groups (broad SMARTS) is 1. The van der Waals surface area contributed by atoms with Crippen LogP contribution in [0, 0.1) is 0 Å². The molecule has 0 fully saturated rings. The molecule has 0 saturated heterocycles. The summed E-state index contributed by atoms with van der Waals surface area (Å²) in [6, 6.07) is -1.42. The fraction of sp³-hybridized carbons (Fsp3) is 0.429. The van der Waals surface area contributed by atoms with Crippen LogP contribution in [-0.4, -0.2) is 34.1 Å². The largest absolute Gasteiger partial charge is 0.480 e. The number of aliphatic carboxylic acids is 1. The minimum Gasteiger partial charge on any atom is -0.480 e. The molecule has 5 nitrogen and oxygen atoms in total. The number of hydrogen-bond donors (Lipinski definition) is 3. The molecule has 0 aliphatic carbocycles. The number of allylic oxidation sites excluding steroid dienone is 1. The van der Waals surface area contributed by atoms with Gasteiger partial charge in [0.05, 0.1) is 6.10 Å². The SMILES string of the molecule is C=CC(=O)C[C@@H](O)[C@H](N)C(=O)O.Cl. The highest BCUT2D eigenvalue weighted by molar-refractivity contribution is 5.90. The first kappa shape index (κ1) is 14.6. The van der Waals surface area contributed by atoms with E-state index in [4.69, 9.17) is 15.9 Å². The molecule has 2 atom stereocenters. The van der Waals surface area contributed by atoms with E-state index in [0.29, 0.717) is 0 Å². The zero-order valence-electron chi connectivity index (χ0n) is 6.84. The average Bonchev–Trinajstić information content (AvgIpc) is 2.02. The minimum atomic E-state index is -1.42. The normalized spacial score (nSPS) is 13.7. The Labute approximate surface area is 81.6 Å².